The minimum atomic E-state index is -4.52. The molecule has 156 valence electrons. The van der Waals surface area contributed by atoms with Crippen LogP contribution >= 0.6 is 11.6 Å². The summed E-state index contributed by atoms with van der Waals surface area (Å²) in [4.78, 5) is 26.3. The molecule has 5 nitrogen and oxygen atoms in total. The molecule has 0 saturated carbocycles. The Morgan fingerprint density at radius 2 is 1.93 bits per heavy atom. The third-order valence-electron chi connectivity index (χ3n) is 4.46. The summed E-state index contributed by atoms with van der Waals surface area (Å²) in [6.07, 6.45) is -2.89. The number of amides is 2. The van der Waals surface area contributed by atoms with Gasteiger partial charge in [0.2, 0.25) is 11.8 Å². The monoisotopic (exact) mass is 419 g/mol. The van der Waals surface area contributed by atoms with Gasteiger partial charge in [0.25, 0.3) is 0 Å². The Hall–Kier alpha value is -1.80. The van der Waals surface area contributed by atoms with E-state index in [1.165, 1.54) is 0 Å². The van der Waals surface area contributed by atoms with E-state index in [1.54, 1.807) is 0 Å². The lowest BCUT2D eigenvalue weighted by atomic mass is 9.94. The number of benzene rings is 1. The molecule has 1 unspecified atom stereocenters. The molecule has 1 heterocycles. The van der Waals surface area contributed by atoms with E-state index in [1.807, 2.05) is 25.7 Å². The van der Waals surface area contributed by atoms with E-state index < -0.39 is 23.1 Å². The van der Waals surface area contributed by atoms with Crippen LogP contribution in [0, 0.1) is 5.41 Å². The van der Waals surface area contributed by atoms with Crippen molar-refractivity contribution in [3.63, 3.8) is 0 Å². The van der Waals surface area contributed by atoms with Crippen LogP contribution in [0.1, 0.15) is 39.2 Å². The summed E-state index contributed by atoms with van der Waals surface area (Å²) >= 11 is 5.91. The lowest BCUT2D eigenvalue weighted by Crippen LogP contribution is -2.51. The normalized spacial score (nSPS) is 18.6. The van der Waals surface area contributed by atoms with Gasteiger partial charge in [-0.1, -0.05) is 32.4 Å². The Morgan fingerprint density at radius 3 is 2.54 bits per heavy atom. The minimum absolute atomic E-state index is 0.00840. The van der Waals surface area contributed by atoms with E-state index in [0.29, 0.717) is 13.1 Å². The van der Waals surface area contributed by atoms with Crippen molar-refractivity contribution < 1.29 is 22.8 Å². The summed E-state index contributed by atoms with van der Waals surface area (Å²) < 4.78 is 38.5. The number of halogens is 4. The van der Waals surface area contributed by atoms with E-state index in [9.17, 15) is 22.8 Å². The molecule has 28 heavy (non-hydrogen) atoms. The first-order chi connectivity index (χ1) is 12.9. The molecule has 0 bridgehead atoms. The van der Waals surface area contributed by atoms with Crippen molar-refractivity contribution in [2.75, 3.05) is 25.0 Å². The maximum atomic E-state index is 12.8. The standard InChI is InChI=1S/C19H25ClF3N3O2/c1-18(2,3)17(28)24-13-5-4-8-26(10-13)11-16(27)25-15-9-12(19(21,22)23)6-7-14(15)20/h6-7,9,13H,4-5,8,10-11H2,1-3H3,(H,24,28)(H,25,27). The van der Waals surface area contributed by atoms with Crippen LogP contribution < -0.4 is 10.6 Å². The van der Waals surface area contributed by atoms with Gasteiger partial charge in [-0.25, -0.2) is 0 Å². The van der Waals surface area contributed by atoms with Crippen LogP contribution in [0.3, 0.4) is 0 Å². The Bertz CT molecular complexity index is 732. The van der Waals surface area contributed by atoms with Crippen molar-refractivity contribution in [3.8, 4) is 0 Å². The van der Waals surface area contributed by atoms with Gasteiger partial charge in [-0.05, 0) is 37.6 Å². The molecule has 2 amide bonds. The second kappa shape index (κ2) is 8.69. The van der Waals surface area contributed by atoms with Crippen molar-refractivity contribution in [2.24, 2.45) is 5.41 Å². The largest absolute Gasteiger partial charge is 0.416 e. The van der Waals surface area contributed by atoms with Gasteiger partial charge >= 0.3 is 6.18 Å². The fraction of sp³-hybridized carbons (Fsp3) is 0.579. The quantitative estimate of drug-likeness (QED) is 0.777. The van der Waals surface area contributed by atoms with E-state index in [0.717, 1.165) is 31.0 Å². The summed E-state index contributed by atoms with van der Waals surface area (Å²) in [6.45, 7) is 6.67. The molecular weight excluding hydrogens is 395 g/mol. The minimum Gasteiger partial charge on any atom is -0.352 e. The van der Waals surface area contributed by atoms with Crippen LogP contribution in [-0.2, 0) is 15.8 Å². The molecule has 0 aromatic heterocycles. The highest BCUT2D eigenvalue weighted by Crippen LogP contribution is 2.33. The molecule has 0 spiro atoms. The molecule has 1 aliphatic rings. The van der Waals surface area contributed by atoms with Gasteiger partial charge < -0.3 is 10.6 Å². The fourth-order valence-corrected chi connectivity index (χ4v) is 3.07. The number of likely N-dealkylation sites (tertiary alicyclic amines) is 1. The number of carbonyl (C=O) groups excluding carboxylic acids is 2. The van der Waals surface area contributed by atoms with Gasteiger partial charge in [-0.15, -0.1) is 0 Å². The third kappa shape index (κ3) is 6.38. The van der Waals surface area contributed by atoms with Crippen molar-refractivity contribution in [3.05, 3.63) is 28.8 Å². The van der Waals surface area contributed by atoms with Gasteiger partial charge in [0, 0.05) is 18.0 Å². The number of alkyl halides is 3. The molecule has 1 saturated heterocycles. The van der Waals surface area contributed by atoms with E-state index in [-0.39, 0.29) is 29.2 Å². The number of hydrogen-bond donors (Lipinski definition) is 2. The number of rotatable bonds is 4. The first kappa shape index (κ1) is 22.5. The van der Waals surface area contributed by atoms with Gasteiger partial charge in [0.15, 0.2) is 0 Å². The fourth-order valence-electron chi connectivity index (χ4n) is 2.91. The second-order valence-electron chi connectivity index (χ2n) is 8.04. The average Bonchev–Trinajstić information content (AvgIpc) is 2.55. The highest BCUT2D eigenvalue weighted by atomic mass is 35.5. The molecule has 1 aromatic carbocycles. The number of piperidine rings is 1. The zero-order valence-corrected chi connectivity index (χ0v) is 16.9. The Balaban J connectivity index is 1.95. The first-order valence-corrected chi connectivity index (χ1v) is 9.44. The summed E-state index contributed by atoms with van der Waals surface area (Å²) in [5, 5.41) is 5.47. The van der Waals surface area contributed by atoms with Gasteiger partial charge in [0.1, 0.15) is 0 Å². The zero-order valence-electron chi connectivity index (χ0n) is 16.1. The molecule has 0 aliphatic carbocycles. The van der Waals surface area contributed by atoms with Crippen molar-refractivity contribution in [1.29, 1.82) is 0 Å². The van der Waals surface area contributed by atoms with Crippen LogP contribution in [0.15, 0.2) is 18.2 Å². The summed E-state index contributed by atoms with van der Waals surface area (Å²) in [6, 6.07) is 2.73. The molecule has 1 aliphatic heterocycles. The predicted octanol–water partition coefficient (Wildman–Crippen LogP) is 3.92. The van der Waals surface area contributed by atoms with Crippen LogP contribution in [0.5, 0.6) is 0 Å². The Labute approximate surface area is 167 Å². The number of hydrogen-bond acceptors (Lipinski definition) is 3. The number of anilines is 1. The molecule has 2 rings (SSSR count). The van der Waals surface area contributed by atoms with Crippen LogP contribution in [0.25, 0.3) is 0 Å². The average molecular weight is 420 g/mol. The van der Waals surface area contributed by atoms with Crippen molar-refractivity contribution in [2.45, 2.75) is 45.8 Å². The lowest BCUT2D eigenvalue weighted by Gasteiger charge is -2.34. The van der Waals surface area contributed by atoms with Gasteiger partial charge in [0.05, 0.1) is 22.8 Å². The smallest absolute Gasteiger partial charge is 0.352 e. The van der Waals surface area contributed by atoms with Crippen LogP contribution in [0.2, 0.25) is 5.02 Å². The summed E-state index contributed by atoms with van der Waals surface area (Å²) in [5.74, 6) is -0.511. The number of nitrogens with zero attached hydrogens (tertiary/aromatic N) is 1. The third-order valence-corrected chi connectivity index (χ3v) is 4.79. The highest BCUT2D eigenvalue weighted by Gasteiger charge is 2.31. The molecule has 2 N–H and O–H groups in total. The van der Waals surface area contributed by atoms with Crippen LogP contribution in [-0.4, -0.2) is 42.4 Å². The summed E-state index contributed by atoms with van der Waals surface area (Å²) in [7, 11) is 0. The Kier molecular flexibility index (Phi) is 6.98. The molecule has 0 radical (unpaired) electrons. The number of nitrogens with one attached hydrogen (secondary N) is 2. The molecule has 1 fully saturated rings. The van der Waals surface area contributed by atoms with Crippen LogP contribution in [0.4, 0.5) is 18.9 Å². The van der Waals surface area contributed by atoms with E-state index >= 15 is 0 Å². The molecule has 1 aromatic rings. The molecule has 1 atom stereocenters. The lowest BCUT2D eigenvalue weighted by molar-refractivity contribution is -0.137. The summed E-state index contributed by atoms with van der Waals surface area (Å²) in [5.41, 5.74) is -1.45. The van der Waals surface area contributed by atoms with Crippen molar-refractivity contribution >= 4 is 29.1 Å². The van der Waals surface area contributed by atoms with E-state index in [2.05, 4.69) is 10.6 Å². The number of carbonyl (C=O) groups is 2. The van der Waals surface area contributed by atoms with Gasteiger partial charge in [-0.2, -0.15) is 13.2 Å². The van der Waals surface area contributed by atoms with E-state index in [4.69, 9.17) is 11.6 Å². The Morgan fingerprint density at radius 1 is 1.25 bits per heavy atom. The molecule has 9 heteroatoms. The maximum absolute atomic E-state index is 12.8. The van der Waals surface area contributed by atoms with Crippen molar-refractivity contribution in [1.82, 2.24) is 10.2 Å². The second-order valence-corrected chi connectivity index (χ2v) is 8.45. The molecular formula is C19H25ClF3N3O2. The first-order valence-electron chi connectivity index (χ1n) is 9.06. The SMILES string of the molecule is CC(C)(C)C(=O)NC1CCCN(CC(=O)Nc2cc(C(F)(F)F)ccc2Cl)C1. The highest BCUT2D eigenvalue weighted by molar-refractivity contribution is 6.33. The topological polar surface area (TPSA) is 61.4 Å². The zero-order chi connectivity index (χ0) is 21.1. The maximum Gasteiger partial charge on any atom is 0.416 e. The predicted molar refractivity (Wildman–Crippen MR) is 102 cm³/mol. The van der Waals surface area contributed by atoms with Gasteiger partial charge in [-0.3, -0.25) is 14.5 Å².